The van der Waals surface area contributed by atoms with Gasteiger partial charge in [0.15, 0.2) is 5.76 Å². The molecule has 2 aromatic rings. The highest BCUT2D eigenvalue weighted by Crippen LogP contribution is 2.43. The molecule has 0 saturated heterocycles. The standard InChI is InChI=1S/C22H23NO4/c1-13(2)23-11-16-9-17-20(24)19(10-15-7-5-6-8-18(15)25-4)27-22(17)14(3)21(16)26-12-23/h5-10,13H,11-12H2,1-4H3/b19-10-. The zero-order chi connectivity index (χ0) is 19.1. The molecule has 2 aliphatic heterocycles. The number of carbonyl (C=O) groups excluding carboxylic acids is 1. The van der Waals surface area contributed by atoms with E-state index in [0.29, 0.717) is 35.6 Å². The van der Waals surface area contributed by atoms with Gasteiger partial charge in [-0.2, -0.15) is 0 Å². The van der Waals surface area contributed by atoms with Crippen molar-refractivity contribution in [1.82, 2.24) is 4.90 Å². The summed E-state index contributed by atoms with van der Waals surface area (Å²) in [4.78, 5) is 15.2. The first kappa shape index (κ1) is 17.6. The Morgan fingerprint density at radius 1 is 1.22 bits per heavy atom. The number of hydrogen-bond acceptors (Lipinski definition) is 5. The predicted octanol–water partition coefficient (Wildman–Crippen LogP) is 4.18. The lowest BCUT2D eigenvalue weighted by Gasteiger charge is -2.32. The van der Waals surface area contributed by atoms with Gasteiger partial charge in [0.05, 0.1) is 12.7 Å². The maximum Gasteiger partial charge on any atom is 0.231 e. The Bertz CT molecular complexity index is 946. The topological polar surface area (TPSA) is 48.0 Å². The Balaban J connectivity index is 1.73. The number of rotatable bonds is 3. The van der Waals surface area contributed by atoms with Gasteiger partial charge in [0.1, 0.15) is 24.0 Å². The molecule has 2 aliphatic rings. The number of fused-ring (bicyclic) bond motifs is 2. The fourth-order valence-electron chi connectivity index (χ4n) is 3.52. The van der Waals surface area contributed by atoms with Crippen molar-refractivity contribution in [2.75, 3.05) is 13.8 Å². The first-order valence-electron chi connectivity index (χ1n) is 9.10. The second-order valence-electron chi connectivity index (χ2n) is 7.16. The van der Waals surface area contributed by atoms with E-state index in [-0.39, 0.29) is 5.78 Å². The minimum Gasteiger partial charge on any atom is -0.496 e. The van der Waals surface area contributed by atoms with Crippen molar-refractivity contribution in [3.05, 3.63) is 58.3 Å². The average Bonchev–Trinajstić information content (AvgIpc) is 2.98. The van der Waals surface area contributed by atoms with Crippen molar-refractivity contribution in [2.24, 2.45) is 0 Å². The summed E-state index contributed by atoms with van der Waals surface area (Å²) < 4.78 is 17.3. The fraction of sp³-hybridized carbons (Fsp3) is 0.318. The number of nitrogens with zero attached hydrogens (tertiary/aromatic N) is 1. The summed E-state index contributed by atoms with van der Waals surface area (Å²) in [6, 6.07) is 9.84. The molecule has 0 bridgehead atoms. The molecule has 5 heteroatoms. The third-order valence-electron chi connectivity index (χ3n) is 5.12. The van der Waals surface area contributed by atoms with Gasteiger partial charge in [-0.05, 0) is 39.0 Å². The summed E-state index contributed by atoms with van der Waals surface area (Å²) >= 11 is 0. The lowest BCUT2D eigenvalue weighted by Crippen LogP contribution is -2.37. The molecule has 2 aromatic carbocycles. The third kappa shape index (κ3) is 2.98. The highest BCUT2D eigenvalue weighted by atomic mass is 16.5. The molecule has 0 N–H and O–H groups in total. The summed E-state index contributed by atoms with van der Waals surface area (Å²) in [6.07, 6.45) is 1.74. The second-order valence-corrected chi connectivity index (χ2v) is 7.16. The Morgan fingerprint density at radius 2 is 2.00 bits per heavy atom. The van der Waals surface area contributed by atoms with Crippen molar-refractivity contribution < 1.29 is 19.0 Å². The number of allylic oxidation sites excluding steroid dienone is 1. The summed E-state index contributed by atoms with van der Waals surface area (Å²) in [5.74, 6) is 2.32. The minimum absolute atomic E-state index is 0.108. The first-order valence-corrected chi connectivity index (χ1v) is 9.10. The summed E-state index contributed by atoms with van der Waals surface area (Å²) in [6.45, 7) is 7.53. The predicted molar refractivity (Wildman–Crippen MR) is 103 cm³/mol. The van der Waals surface area contributed by atoms with Gasteiger partial charge in [-0.25, -0.2) is 0 Å². The zero-order valence-corrected chi connectivity index (χ0v) is 16.0. The molecular weight excluding hydrogens is 342 g/mol. The monoisotopic (exact) mass is 365 g/mol. The van der Waals surface area contributed by atoms with Crippen LogP contribution in [-0.4, -0.2) is 30.6 Å². The summed E-state index contributed by atoms with van der Waals surface area (Å²) in [7, 11) is 1.61. The number of benzene rings is 2. The van der Waals surface area contributed by atoms with E-state index in [4.69, 9.17) is 14.2 Å². The van der Waals surface area contributed by atoms with E-state index in [1.54, 1.807) is 13.2 Å². The van der Waals surface area contributed by atoms with Crippen LogP contribution in [0.1, 0.15) is 40.9 Å². The Hall–Kier alpha value is -2.79. The van der Waals surface area contributed by atoms with Gasteiger partial charge in [-0.3, -0.25) is 9.69 Å². The highest BCUT2D eigenvalue weighted by molar-refractivity contribution is 6.15. The molecule has 0 aromatic heterocycles. The smallest absolute Gasteiger partial charge is 0.231 e. The molecule has 0 radical (unpaired) electrons. The molecule has 0 amide bonds. The van der Waals surface area contributed by atoms with Gasteiger partial charge >= 0.3 is 0 Å². The fourth-order valence-corrected chi connectivity index (χ4v) is 3.52. The molecule has 0 saturated carbocycles. The Morgan fingerprint density at radius 3 is 2.74 bits per heavy atom. The van der Waals surface area contributed by atoms with E-state index in [1.807, 2.05) is 37.3 Å². The maximum absolute atomic E-state index is 13.0. The number of para-hydroxylation sites is 1. The second kappa shape index (κ2) is 6.74. The number of ether oxygens (including phenoxy) is 3. The quantitative estimate of drug-likeness (QED) is 0.764. The van der Waals surface area contributed by atoms with E-state index in [9.17, 15) is 4.79 Å². The minimum atomic E-state index is -0.108. The molecule has 27 heavy (non-hydrogen) atoms. The van der Waals surface area contributed by atoms with E-state index in [2.05, 4.69) is 18.7 Å². The van der Waals surface area contributed by atoms with Crippen molar-refractivity contribution >= 4 is 11.9 Å². The Labute approximate surface area is 159 Å². The van der Waals surface area contributed by atoms with Crippen LogP contribution >= 0.6 is 0 Å². The molecule has 0 aliphatic carbocycles. The van der Waals surface area contributed by atoms with Gasteiger partial charge in [-0.1, -0.05) is 18.2 Å². The van der Waals surface area contributed by atoms with Crippen molar-refractivity contribution in [3.63, 3.8) is 0 Å². The Kier molecular flexibility index (Phi) is 4.40. The van der Waals surface area contributed by atoms with Gasteiger partial charge in [-0.15, -0.1) is 0 Å². The highest BCUT2D eigenvalue weighted by Gasteiger charge is 2.34. The van der Waals surface area contributed by atoms with E-state index in [0.717, 1.165) is 29.0 Å². The van der Waals surface area contributed by atoms with Crippen LogP contribution in [0.5, 0.6) is 17.2 Å². The largest absolute Gasteiger partial charge is 0.496 e. The van der Waals surface area contributed by atoms with Gasteiger partial charge in [0.2, 0.25) is 5.78 Å². The van der Waals surface area contributed by atoms with Gasteiger partial charge in [0, 0.05) is 29.3 Å². The summed E-state index contributed by atoms with van der Waals surface area (Å²) in [5.41, 5.74) is 3.31. The van der Waals surface area contributed by atoms with Crippen molar-refractivity contribution in [3.8, 4) is 17.2 Å². The molecule has 5 nitrogen and oxygen atoms in total. The van der Waals surface area contributed by atoms with Crippen molar-refractivity contribution in [2.45, 2.75) is 33.4 Å². The van der Waals surface area contributed by atoms with Crippen LogP contribution in [0.25, 0.3) is 6.08 Å². The average molecular weight is 365 g/mol. The molecular formula is C22H23NO4. The first-order chi connectivity index (χ1) is 13.0. The van der Waals surface area contributed by atoms with E-state index < -0.39 is 0 Å². The maximum atomic E-state index is 13.0. The van der Waals surface area contributed by atoms with Crippen LogP contribution in [0.4, 0.5) is 0 Å². The van der Waals surface area contributed by atoms with Gasteiger partial charge < -0.3 is 14.2 Å². The van der Waals surface area contributed by atoms with Crippen LogP contribution in [0, 0.1) is 6.92 Å². The molecule has 2 heterocycles. The van der Waals surface area contributed by atoms with E-state index >= 15 is 0 Å². The number of methoxy groups -OCH3 is 1. The normalized spacial score (nSPS) is 17.5. The van der Waals surface area contributed by atoms with Crippen LogP contribution in [0.3, 0.4) is 0 Å². The SMILES string of the molecule is COc1ccccc1/C=C1\Oc2c(cc3c(c2C)OCN(C(C)C)C3)C1=O. The lowest BCUT2D eigenvalue weighted by atomic mass is 9.99. The van der Waals surface area contributed by atoms with Gasteiger partial charge in [0.25, 0.3) is 0 Å². The van der Waals surface area contributed by atoms with Crippen LogP contribution in [0.2, 0.25) is 0 Å². The molecule has 0 spiro atoms. The van der Waals surface area contributed by atoms with Crippen LogP contribution < -0.4 is 14.2 Å². The number of hydrogen-bond donors (Lipinski definition) is 0. The zero-order valence-electron chi connectivity index (χ0n) is 16.0. The third-order valence-corrected chi connectivity index (χ3v) is 5.12. The summed E-state index contributed by atoms with van der Waals surface area (Å²) in [5, 5.41) is 0. The molecule has 4 rings (SSSR count). The molecule has 0 atom stereocenters. The van der Waals surface area contributed by atoms with Crippen LogP contribution in [0.15, 0.2) is 36.1 Å². The molecule has 0 fully saturated rings. The molecule has 0 unspecified atom stereocenters. The van der Waals surface area contributed by atoms with Crippen LogP contribution in [-0.2, 0) is 6.54 Å². The molecule has 140 valence electrons. The van der Waals surface area contributed by atoms with E-state index in [1.165, 1.54) is 0 Å². The number of carbonyl (C=O) groups is 1. The number of ketones is 1. The van der Waals surface area contributed by atoms with Crippen molar-refractivity contribution in [1.29, 1.82) is 0 Å². The lowest BCUT2D eigenvalue weighted by molar-refractivity contribution is 0.0678. The number of Topliss-reactive ketones (excluding diaryl/α,β-unsaturated/α-hetero) is 1.